The van der Waals surface area contributed by atoms with Crippen molar-refractivity contribution in [2.75, 3.05) is 20.1 Å². The predicted octanol–water partition coefficient (Wildman–Crippen LogP) is 2.09. The minimum atomic E-state index is -0.308. The van der Waals surface area contributed by atoms with E-state index in [2.05, 4.69) is 17.3 Å². The van der Waals surface area contributed by atoms with Gasteiger partial charge in [-0.1, -0.05) is 12.1 Å². The Morgan fingerprint density at radius 1 is 1.53 bits per heavy atom. The Morgan fingerprint density at radius 3 is 2.95 bits per heavy atom. The Kier molecular flexibility index (Phi) is 4.50. The summed E-state index contributed by atoms with van der Waals surface area (Å²) < 4.78 is 0. The van der Waals surface area contributed by atoms with E-state index in [1.54, 1.807) is 12.1 Å². The van der Waals surface area contributed by atoms with Crippen LogP contribution in [-0.2, 0) is 6.54 Å². The quantitative estimate of drug-likeness (QED) is 0.653. The van der Waals surface area contributed by atoms with Crippen molar-refractivity contribution in [3.63, 3.8) is 0 Å². The third-order valence-electron chi connectivity index (χ3n) is 3.75. The molecule has 0 aromatic heterocycles. The van der Waals surface area contributed by atoms with Crippen LogP contribution in [-0.4, -0.2) is 36.0 Å². The van der Waals surface area contributed by atoms with Gasteiger partial charge in [-0.2, -0.15) is 0 Å². The van der Waals surface area contributed by atoms with E-state index in [1.165, 1.54) is 12.8 Å². The summed E-state index contributed by atoms with van der Waals surface area (Å²) in [6.45, 7) is 4.68. The van der Waals surface area contributed by atoms with Crippen molar-refractivity contribution in [2.24, 2.45) is 0 Å². The molecule has 0 radical (unpaired) electrons. The van der Waals surface area contributed by atoms with E-state index < -0.39 is 0 Å². The van der Waals surface area contributed by atoms with E-state index in [0.717, 1.165) is 30.8 Å². The van der Waals surface area contributed by atoms with E-state index in [0.29, 0.717) is 6.04 Å². The molecule has 1 N–H and O–H groups in total. The molecule has 0 bridgehead atoms. The standard InChI is InChI=1S/C14H21N3O2/c1-11-12(5-3-7-14(11)17(18)19)9-16(2)10-13-6-4-8-15-13/h3,5,7,13,15H,4,6,8-10H2,1-2H3. The molecule has 0 aliphatic carbocycles. The Bertz CT molecular complexity index is 456. The molecule has 1 aromatic rings. The fraction of sp³-hybridized carbons (Fsp3) is 0.571. The van der Waals surface area contributed by atoms with Crippen LogP contribution < -0.4 is 5.32 Å². The first-order valence-corrected chi connectivity index (χ1v) is 6.72. The summed E-state index contributed by atoms with van der Waals surface area (Å²) in [5.41, 5.74) is 2.03. The van der Waals surface area contributed by atoms with Crippen LogP contribution >= 0.6 is 0 Å². The molecule has 0 saturated carbocycles. The topological polar surface area (TPSA) is 58.4 Å². The zero-order chi connectivity index (χ0) is 13.8. The summed E-state index contributed by atoms with van der Waals surface area (Å²) in [5, 5.41) is 14.4. The van der Waals surface area contributed by atoms with Gasteiger partial charge in [-0.15, -0.1) is 0 Å². The Hall–Kier alpha value is -1.46. The van der Waals surface area contributed by atoms with Crippen molar-refractivity contribution in [1.29, 1.82) is 0 Å². The first-order chi connectivity index (χ1) is 9.08. The molecule has 1 aromatic carbocycles. The van der Waals surface area contributed by atoms with Crippen molar-refractivity contribution in [3.8, 4) is 0 Å². The van der Waals surface area contributed by atoms with E-state index in [1.807, 2.05) is 13.0 Å². The molecule has 19 heavy (non-hydrogen) atoms. The number of nitrogens with one attached hydrogen (secondary N) is 1. The molecule has 1 unspecified atom stereocenters. The maximum Gasteiger partial charge on any atom is 0.272 e. The lowest BCUT2D eigenvalue weighted by molar-refractivity contribution is -0.385. The fourth-order valence-electron chi connectivity index (χ4n) is 2.68. The van der Waals surface area contributed by atoms with Gasteiger partial charge in [-0.05, 0) is 38.9 Å². The number of hydrogen-bond acceptors (Lipinski definition) is 4. The molecule has 0 spiro atoms. The zero-order valence-electron chi connectivity index (χ0n) is 11.6. The van der Waals surface area contributed by atoms with E-state index in [-0.39, 0.29) is 10.6 Å². The van der Waals surface area contributed by atoms with Gasteiger partial charge in [0.2, 0.25) is 0 Å². The molecule has 1 heterocycles. The number of benzene rings is 1. The summed E-state index contributed by atoms with van der Waals surface area (Å²) in [6.07, 6.45) is 2.46. The summed E-state index contributed by atoms with van der Waals surface area (Å²) in [5.74, 6) is 0. The van der Waals surface area contributed by atoms with Gasteiger partial charge in [0.05, 0.1) is 4.92 Å². The SMILES string of the molecule is Cc1c(CN(C)CC2CCCN2)cccc1[N+](=O)[O-]. The van der Waals surface area contributed by atoms with Crippen LogP contribution in [0.2, 0.25) is 0 Å². The molecule has 1 aliphatic rings. The molecule has 5 heteroatoms. The summed E-state index contributed by atoms with van der Waals surface area (Å²) >= 11 is 0. The van der Waals surface area contributed by atoms with Crippen molar-refractivity contribution < 1.29 is 4.92 Å². The van der Waals surface area contributed by atoms with Crippen LogP contribution in [0.1, 0.15) is 24.0 Å². The highest BCUT2D eigenvalue weighted by molar-refractivity contribution is 5.44. The summed E-state index contributed by atoms with van der Waals surface area (Å²) in [7, 11) is 2.07. The van der Waals surface area contributed by atoms with Crippen molar-refractivity contribution >= 4 is 5.69 Å². The first kappa shape index (κ1) is 14.0. The molecule has 0 amide bonds. The van der Waals surface area contributed by atoms with Crippen LogP contribution in [0.15, 0.2) is 18.2 Å². The molecule has 1 atom stereocenters. The minimum Gasteiger partial charge on any atom is -0.313 e. The lowest BCUT2D eigenvalue weighted by Gasteiger charge is -2.21. The largest absolute Gasteiger partial charge is 0.313 e. The number of rotatable bonds is 5. The highest BCUT2D eigenvalue weighted by Gasteiger charge is 2.18. The number of nitro benzene ring substituents is 1. The lowest BCUT2D eigenvalue weighted by Crippen LogP contribution is -2.35. The average Bonchev–Trinajstić information content (AvgIpc) is 2.84. The molecule has 2 rings (SSSR count). The molecule has 104 valence electrons. The van der Waals surface area contributed by atoms with E-state index >= 15 is 0 Å². The molecule has 1 fully saturated rings. The van der Waals surface area contributed by atoms with Crippen LogP contribution in [0.5, 0.6) is 0 Å². The normalized spacial score (nSPS) is 19.0. The zero-order valence-corrected chi connectivity index (χ0v) is 11.6. The molecular weight excluding hydrogens is 242 g/mol. The monoisotopic (exact) mass is 263 g/mol. The highest BCUT2D eigenvalue weighted by atomic mass is 16.6. The maximum absolute atomic E-state index is 10.9. The molecule has 1 saturated heterocycles. The number of nitrogens with zero attached hydrogens (tertiary/aromatic N) is 2. The summed E-state index contributed by atoms with van der Waals surface area (Å²) in [6, 6.07) is 5.87. The van der Waals surface area contributed by atoms with Crippen molar-refractivity contribution in [3.05, 3.63) is 39.4 Å². The van der Waals surface area contributed by atoms with Crippen molar-refractivity contribution in [1.82, 2.24) is 10.2 Å². The smallest absolute Gasteiger partial charge is 0.272 e. The van der Waals surface area contributed by atoms with Gasteiger partial charge in [0.15, 0.2) is 0 Å². The van der Waals surface area contributed by atoms with Crippen LogP contribution in [0.4, 0.5) is 5.69 Å². The average molecular weight is 263 g/mol. The van der Waals surface area contributed by atoms with Gasteiger partial charge in [0, 0.05) is 30.8 Å². The van der Waals surface area contributed by atoms with Crippen LogP contribution in [0, 0.1) is 17.0 Å². The third-order valence-corrected chi connectivity index (χ3v) is 3.75. The van der Waals surface area contributed by atoms with Crippen molar-refractivity contribution in [2.45, 2.75) is 32.4 Å². The second-order valence-corrected chi connectivity index (χ2v) is 5.31. The second-order valence-electron chi connectivity index (χ2n) is 5.31. The van der Waals surface area contributed by atoms with E-state index in [4.69, 9.17) is 0 Å². The minimum absolute atomic E-state index is 0.213. The van der Waals surface area contributed by atoms with Crippen LogP contribution in [0.3, 0.4) is 0 Å². The Balaban J connectivity index is 2.01. The van der Waals surface area contributed by atoms with Gasteiger partial charge in [0.1, 0.15) is 0 Å². The second kappa shape index (κ2) is 6.12. The van der Waals surface area contributed by atoms with Crippen LogP contribution in [0.25, 0.3) is 0 Å². The Labute approximate surface area is 113 Å². The molecule has 5 nitrogen and oxygen atoms in total. The van der Waals surface area contributed by atoms with Gasteiger partial charge in [0.25, 0.3) is 5.69 Å². The molecular formula is C14H21N3O2. The lowest BCUT2D eigenvalue weighted by atomic mass is 10.1. The highest BCUT2D eigenvalue weighted by Crippen LogP contribution is 2.22. The molecule has 1 aliphatic heterocycles. The third kappa shape index (κ3) is 3.52. The number of hydrogen-bond donors (Lipinski definition) is 1. The fourth-order valence-corrected chi connectivity index (χ4v) is 2.68. The summed E-state index contributed by atoms with van der Waals surface area (Å²) in [4.78, 5) is 12.8. The van der Waals surface area contributed by atoms with Gasteiger partial charge in [-0.25, -0.2) is 0 Å². The van der Waals surface area contributed by atoms with E-state index in [9.17, 15) is 10.1 Å². The number of nitro groups is 1. The van der Waals surface area contributed by atoms with Gasteiger partial charge in [-0.3, -0.25) is 10.1 Å². The maximum atomic E-state index is 10.9. The van der Waals surface area contributed by atoms with Gasteiger partial charge >= 0.3 is 0 Å². The van der Waals surface area contributed by atoms with Gasteiger partial charge < -0.3 is 10.2 Å². The Morgan fingerprint density at radius 2 is 2.32 bits per heavy atom. The first-order valence-electron chi connectivity index (χ1n) is 6.72. The predicted molar refractivity (Wildman–Crippen MR) is 75.2 cm³/mol. The number of likely N-dealkylation sites (N-methyl/N-ethyl adjacent to an activating group) is 1.